The number of carbonyl (C=O) groups is 2. The van der Waals surface area contributed by atoms with E-state index in [9.17, 15) is 9.59 Å². The normalized spacial score (nSPS) is 16.4. The molecule has 0 radical (unpaired) electrons. The van der Waals surface area contributed by atoms with Crippen molar-refractivity contribution in [1.82, 2.24) is 14.9 Å². The number of amides is 1. The number of rotatable bonds is 4. The molecule has 1 fully saturated rings. The molecule has 2 heterocycles. The summed E-state index contributed by atoms with van der Waals surface area (Å²) in [5.74, 6) is 0.774. The van der Waals surface area contributed by atoms with Gasteiger partial charge in [0.25, 0.3) is 0 Å². The van der Waals surface area contributed by atoms with Crippen LogP contribution in [0.5, 0.6) is 0 Å². The summed E-state index contributed by atoms with van der Waals surface area (Å²) in [6, 6.07) is 0. The summed E-state index contributed by atoms with van der Waals surface area (Å²) in [4.78, 5) is 32.2. The lowest BCUT2D eigenvalue weighted by molar-refractivity contribution is -0.149. The average molecular weight is 265 g/mol. The number of aromatic nitrogens is 2. The van der Waals surface area contributed by atoms with Gasteiger partial charge in [0.05, 0.1) is 6.61 Å². The first kappa shape index (κ1) is 13.6. The second-order valence-electron chi connectivity index (χ2n) is 4.61. The SMILES string of the molecule is CCOC(=O)CC(=O)N1CCC(c2ncc[nH]2)CC1. The van der Waals surface area contributed by atoms with Gasteiger partial charge < -0.3 is 14.6 Å². The van der Waals surface area contributed by atoms with Gasteiger partial charge in [0, 0.05) is 31.4 Å². The van der Waals surface area contributed by atoms with Gasteiger partial charge in [-0.1, -0.05) is 0 Å². The van der Waals surface area contributed by atoms with Crippen molar-refractivity contribution in [3.63, 3.8) is 0 Å². The van der Waals surface area contributed by atoms with Gasteiger partial charge in [-0.2, -0.15) is 0 Å². The maximum atomic E-state index is 11.9. The van der Waals surface area contributed by atoms with Crippen molar-refractivity contribution in [2.45, 2.75) is 32.1 Å². The molecule has 1 aromatic heterocycles. The fourth-order valence-corrected chi connectivity index (χ4v) is 2.35. The highest BCUT2D eigenvalue weighted by molar-refractivity contribution is 5.94. The van der Waals surface area contributed by atoms with E-state index < -0.39 is 5.97 Å². The van der Waals surface area contributed by atoms with Crippen molar-refractivity contribution in [3.8, 4) is 0 Å². The first-order valence-corrected chi connectivity index (χ1v) is 6.63. The lowest BCUT2D eigenvalue weighted by Gasteiger charge is -2.31. The zero-order chi connectivity index (χ0) is 13.7. The van der Waals surface area contributed by atoms with E-state index in [0.717, 1.165) is 18.7 Å². The largest absolute Gasteiger partial charge is 0.466 e. The Hall–Kier alpha value is -1.85. The second-order valence-corrected chi connectivity index (χ2v) is 4.61. The Morgan fingerprint density at radius 3 is 2.79 bits per heavy atom. The van der Waals surface area contributed by atoms with Crippen molar-refractivity contribution in [2.75, 3.05) is 19.7 Å². The number of esters is 1. The van der Waals surface area contributed by atoms with E-state index >= 15 is 0 Å². The zero-order valence-electron chi connectivity index (χ0n) is 11.1. The van der Waals surface area contributed by atoms with Crippen LogP contribution in [0.25, 0.3) is 0 Å². The highest BCUT2D eigenvalue weighted by atomic mass is 16.5. The molecule has 1 amide bonds. The second kappa shape index (κ2) is 6.36. The number of hydrogen-bond donors (Lipinski definition) is 1. The van der Waals surface area contributed by atoms with Crippen molar-refractivity contribution < 1.29 is 14.3 Å². The Balaban J connectivity index is 1.79. The monoisotopic (exact) mass is 265 g/mol. The van der Waals surface area contributed by atoms with Crippen LogP contribution in [0.3, 0.4) is 0 Å². The van der Waals surface area contributed by atoms with Crippen molar-refractivity contribution in [1.29, 1.82) is 0 Å². The van der Waals surface area contributed by atoms with Gasteiger partial charge in [-0.3, -0.25) is 9.59 Å². The smallest absolute Gasteiger partial charge is 0.315 e. The molecule has 104 valence electrons. The van der Waals surface area contributed by atoms with Crippen LogP contribution in [-0.4, -0.2) is 46.4 Å². The summed E-state index contributed by atoms with van der Waals surface area (Å²) in [5.41, 5.74) is 0. The van der Waals surface area contributed by atoms with Crippen LogP contribution in [0.4, 0.5) is 0 Å². The topological polar surface area (TPSA) is 75.3 Å². The third-order valence-electron chi connectivity index (χ3n) is 3.35. The molecule has 0 atom stereocenters. The van der Waals surface area contributed by atoms with E-state index in [4.69, 9.17) is 4.74 Å². The zero-order valence-corrected chi connectivity index (χ0v) is 11.1. The first-order valence-electron chi connectivity index (χ1n) is 6.63. The summed E-state index contributed by atoms with van der Waals surface area (Å²) in [6.45, 7) is 3.39. The number of nitrogens with one attached hydrogen (secondary N) is 1. The van der Waals surface area contributed by atoms with E-state index in [0.29, 0.717) is 25.6 Å². The summed E-state index contributed by atoms with van der Waals surface area (Å²) >= 11 is 0. The van der Waals surface area contributed by atoms with E-state index in [1.165, 1.54) is 0 Å². The van der Waals surface area contributed by atoms with Gasteiger partial charge in [0.1, 0.15) is 12.2 Å². The third-order valence-corrected chi connectivity index (χ3v) is 3.35. The summed E-state index contributed by atoms with van der Waals surface area (Å²) in [6.07, 6.45) is 5.16. The number of aromatic amines is 1. The number of ether oxygens (including phenoxy) is 1. The molecule has 0 spiro atoms. The molecular weight excluding hydrogens is 246 g/mol. The maximum Gasteiger partial charge on any atom is 0.315 e. The van der Waals surface area contributed by atoms with E-state index in [1.807, 2.05) is 6.20 Å². The minimum absolute atomic E-state index is 0.142. The summed E-state index contributed by atoms with van der Waals surface area (Å²) < 4.78 is 4.78. The number of likely N-dealkylation sites (tertiary alicyclic amines) is 1. The van der Waals surface area contributed by atoms with Gasteiger partial charge in [-0.15, -0.1) is 0 Å². The number of nitrogens with zero attached hydrogens (tertiary/aromatic N) is 2. The molecule has 0 saturated carbocycles. The third kappa shape index (κ3) is 3.56. The number of H-pyrrole nitrogens is 1. The van der Waals surface area contributed by atoms with Crippen molar-refractivity contribution in [2.24, 2.45) is 0 Å². The predicted molar refractivity (Wildman–Crippen MR) is 68.4 cm³/mol. The van der Waals surface area contributed by atoms with Crippen LogP contribution in [0.1, 0.15) is 37.9 Å². The Bertz CT molecular complexity index is 422. The molecule has 0 unspecified atom stereocenters. The van der Waals surface area contributed by atoms with E-state index in [2.05, 4.69) is 9.97 Å². The summed E-state index contributed by atoms with van der Waals surface area (Å²) in [5, 5.41) is 0. The Kier molecular flexibility index (Phi) is 4.54. The van der Waals surface area contributed by atoms with Crippen molar-refractivity contribution in [3.05, 3.63) is 18.2 Å². The van der Waals surface area contributed by atoms with Gasteiger partial charge in [-0.05, 0) is 19.8 Å². The van der Waals surface area contributed by atoms with Gasteiger partial charge >= 0.3 is 5.97 Å². The number of carbonyl (C=O) groups excluding carboxylic acids is 2. The van der Waals surface area contributed by atoms with Crippen molar-refractivity contribution >= 4 is 11.9 Å². The molecule has 6 heteroatoms. The molecule has 1 aliphatic heterocycles. The number of imidazole rings is 1. The van der Waals surface area contributed by atoms with Gasteiger partial charge in [0.2, 0.25) is 5.91 Å². The Morgan fingerprint density at radius 2 is 2.21 bits per heavy atom. The fraction of sp³-hybridized carbons (Fsp3) is 0.615. The van der Waals surface area contributed by atoms with E-state index in [1.54, 1.807) is 18.0 Å². The van der Waals surface area contributed by atoms with Crippen LogP contribution in [0.2, 0.25) is 0 Å². The van der Waals surface area contributed by atoms with E-state index in [-0.39, 0.29) is 12.3 Å². The Labute approximate surface area is 112 Å². The molecule has 1 saturated heterocycles. The molecule has 1 aromatic rings. The molecule has 0 bridgehead atoms. The molecule has 0 aliphatic carbocycles. The summed E-state index contributed by atoms with van der Waals surface area (Å²) in [7, 11) is 0. The Morgan fingerprint density at radius 1 is 1.47 bits per heavy atom. The van der Waals surface area contributed by atoms with Crippen LogP contribution < -0.4 is 0 Å². The van der Waals surface area contributed by atoms with Gasteiger partial charge in [-0.25, -0.2) is 4.98 Å². The molecule has 1 N–H and O–H groups in total. The van der Waals surface area contributed by atoms with Crippen LogP contribution in [0, 0.1) is 0 Å². The predicted octanol–water partition coefficient (Wildman–Crippen LogP) is 1.07. The number of piperidine rings is 1. The molecular formula is C13H19N3O3. The van der Waals surface area contributed by atoms with Crippen LogP contribution in [-0.2, 0) is 14.3 Å². The van der Waals surface area contributed by atoms with Gasteiger partial charge in [0.15, 0.2) is 0 Å². The molecule has 0 aromatic carbocycles. The number of hydrogen-bond acceptors (Lipinski definition) is 4. The maximum absolute atomic E-state index is 11.9. The average Bonchev–Trinajstić information content (AvgIpc) is 2.93. The highest BCUT2D eigenvalue weighted by Crippen LogP contribution is 2.25. The fourth-order valence-electron chi connectivity index (χ4n) is 2.35. The minimum atomic E-state index is -0.444. The minimum Gasteiger partial charge on any atom is -0.466 e. The first-order chi connectivity index (χ1) is 9.20. The highest BCUT2D eigenvalue weighted by Gasteiger charge is 2.26. The standard InChI is InChI=1S/C13H19N3O3/c1-2-19-12(18)9-11(17)16-7-3-10(4-8-16)13-14-5-6-15-13/h5-6,10H,2-4,7-9H2,1H3,(H,14,15). The lowest BCUT2D eigenvalue weighted by Crippen LogP contribution is -2.39. The molecule has 2 rings (SSSR count). The van der Waals surface area contributed by atoms with Crippen LogP contribution in [0.15, 0.2) is 12.4 Å². The molecule has 6 nitrogen and oxygen atoms in total. The lowest BCUT2D eigenvalue weighted by atomic mass is 9.96. The molecule has 1 aliphatic rings. The quantitative estimate of drug-likeness (QED) is 0.652. The molecule has 19 heavy (non-hydrogen) atoms. The van der Waals surface area contributed by atoms with Crippen LogP contribution >= 0.6 is 0 Å².